The Morgan fingerprint density at radius 2 is 1.77 bits per heavy atom. The number of benzene rings is 2. The summed E-state index contributed by atoms with van der Waals surface area (Å²) in [5.74, 6) is 0.767. The van der Waals surface area contributed by atoms with Crippen LogP contribution in [0.5, 0.6) is 5.75 Å². The molecule has 0 radical (unpaired) electrons. The van der Waals surface area contributed by atoms with Crippen LogP contribution in [0.2, 0.25) is 0 Å². The summed E-state index contributed by atoms with van der Waals surface area (Å²) in [5.41, 5.74) is 2.20. The molecule has 0 saturated heterocycles. The van der Waals surface area contributed by atoms with Crippen LogP contribution in [0.1, 0.15) is 37.3 Å². The average Bonchev–Trinajstić information content (AvgIpc) is 3.14. The van der Waals surface area contributed by atoms with E-state index in [1.807, 2.05) is 61.7 Å². The van der Waals surface area contributed by atoms with Gasteiger partial charge in [-0.1, -0.05) is 42.5 Å². The molecule has 2 aromatic carbocycles. The molecule has 1 amide bonds. The zero-order chi connectivity index (χ0) is 18.4. The number of carbonyl (C=O) groups is 1. The first-order chi connectivity index (χ1) is 12.6. The lowest BCUT2D eigenvalue weighted by Gasteiger charge is -2.18. The Morgan fingerprint density at radius 1 is 1.08 bits per heavy atom. The van der Waals surface area contributed by atoms with Crippen LogP contribution in [-0.4, -0.2) is 17.0 Å². The van der Waals surface area contributed by atoms with Crippen LogP contribution < -0.4 is 10.1 Å². The Balaban J connectivity index is 1.80. The fourth-order valence-electron chi connectivity index (χ4n) is 2.81. The van der Waals surface area contributed by atoms with Crippen LogP contribution in [0, 0.1) is 0 Å². The number of anilines is 1. The van der Waals surface area contributed by atoms with E-state index in [0.717, 1.165) is 16.9 Å². The number of amides is 1. The van der Waals surface area contributed by atoms with Crippen molar-refractivity contribution < 1.29 is 9.53 Å². The molecular weight excluding hydrogens is 344 g/mol. The summed E-state index contributed by atoms with van der Waals surface area (Å²) in [6, 6.07) is 18.1. The molecule has 0 spiro atoms. The van der Waals surface area contributed by atoms with Crippen molar-refractivity contribution in [3.05, 3.63) is 77.3 Å². The van der Waals surface area contributed by atoms with Crippen molar-refractivity contribution in [1.82, 2.24) is 4.98 Å². The predicted octanol–water partition coefficient (Wildman–Crippen LogP) is 5.09. The van der Waals surface area contributed by atoms with Gasteiger partial charge in [0.1, 0.15) is 5.75 Å². The van der Waals surface area contributed by atoms with E-state index in [1.54, 1.807) is 6.20 Å². The summed E-state index contributed by atoms with van der Waals surface area (Å²) >= 11 is 1.42. The van der Waals surface area contributed by atoms with E-state index >= 15 is 0 Å². The second-order valence-electron chi connectivity index (χ2n) is 6.29. The third-order valence-electron chi connectivity index (χ3n) is 3.92. The summed E-state index contributed by atoms with van der Waals surface area (Å²) in [6.07, 6.45) is 2.17. The van der Waals surface area contributed by atoms with Gasteiger partial charge in [-0.3, -0.25) is 4.79 Å². The monoisotopic (exact) mass is 366 g/mol. The van der Waals surface area contributed by atoms with Gasteiger partial charge in [0, 0.05) is 23.9 Å². The van der Waals surface area contributed by atoms with Crippen LogP contribution in [0.15, 0.2) is 66.2 Å². The second kappa shape index (κ2) is 8.63. The van der Waals surface area contributed by atoms with E-state index in [9.17, 15) is 4.79 Å². The molecule has 1 heterocycles. The van der Waals surface area contributed by atoms with Crippen LogP contribution >= 0.6 is 11.3 Å². The van der Waals surface area contributed by atoms with Crippen LogP contribution in [0.3, 0.4) is 0 Å². The Morgan fingerprint density at radius 3 is 2.38 bits per heavy atom. The van der Waals surface area contributed by atoms with E-state index in [4.69, 9.17) is 4.74 Å². The molecule has 4 nitrogen and oxygen atoms in total. The van der Waals surface area contributed by atoms with Crippen molar-refractivity contribution in [2.24, 2.45) is 0 Å². The van der Waals surface area contributed by atoms with Gasteiger partial charge in [-0.05, 0) is 37.1 Å². The van der Waals surface area contributed by atoms with Gasteiger partial charge < -0.3 is 10.1 Å². The van der Waals surface area contributed by atoms with Crippen molar-refractivity contribution in [2.75, 3.05) is 5.32 Å². The van der Waals surface area contributed by atoms with Crippen LogP contribution in [-0.2, 0) is 4.79 Å². The fourth-order valence-corrected chi connectivity index (χ4v) is 3.35. The van der Waals surface area contributed by atoms with Crippen molar-refractivity contribution in [3.63, 3.8) is 0 Å². The number of aromatic nitrogens is 1. The number of carbonyl (C=O) groups excluding carboxylic acids is 1. The number of hydrogen-bond acceptors (Lipinski definition) is 4. The van der Waals surface area contributed by atoms with Gasteiger partial charge in [0.2, 0.25) is 5.91 Å². The first-order valence-corrected chi connectivity index (χ1v) is 9.50. The van der Waals surface area contributed by atoms with E-state index in [-0.39, 0.29) is 17.9 Å². The minimum atomic E-state index is -0.0451. The minimum Gasteiger partial charge on any atom is -0.491 e. The lowest BCUT2D eigenvalue weighted by Crippen LogP contribution is -2.16. The molecular formula is C21H22N2O2S. The lowest BCUT2D eigenvalue weighted by molar-refractivity contribution is -0.116. The highest BCUT2D eigenvalue weighted by Gasteiger charge is 2.19. The van der Waals surface area contributed by atoms with Gasteiger partial charge in [0.25, 0.3) is 0 Å². The number of ether oxygens (including phenoxy) is 1. The molecule has 0 unspecified atom stereocenters. The van der Waals surface area contributed by atoms with E-state index in [2.05, 4.69) is 22.4 Å². The van der Waals surface area contributed by atoms with Gasteiger partial charge >= 0.3 is 0 Å². The maximum absolute atomic E-state index is 12.5. The summed E-state index contributed by atoms with van der Waals surface area (Å²) in [4.78, 5) is 16.6. The molecule has 1 N–H and O–H groups in total. The zero-order valence-corrected chi connectivity index (χ0v) is 15.7. The first kappa shape index (κ1) is 18.1. The Labute approximate surface area is 157 Å². The molecule has 0 aliphatic heterocycles. The summed E-state index contributed by atoms with van der Waals surface area (Å²) in [5, 5.41) is 5.35. The molecule has 26 heavy (non-hydrogen) atoms. The van der Waals surface area contributed by atoms with Crippen molar-refractivity contribution in [1.29, 1.82) is 0 Å². The smallest absolute Gasteiger partial charge is 0.227 e. The number of thiazole rings is 1. The highest BCUT2D eigenvalue weighted by Crippen LogP contribution is 2.30. The summed E-state index contributed by atoms with van der Waals surface area (Å²) in [7, 11) is 0. The highest BCUT2D eigenvalue weighted by atomic mass is 32.1. The number of nitrogens with zero attached hydrogens (tertiary/aromatic N) is 1. The molecule has 0 fully saturated rings. The molecule has 0 bridgehead atoms. The van der Waals surface area contributed by atoms with Crippen LogP contribution in [0.4, 0.5) is 5.13 Å². The molecule has 3 aromatic rings. The molecule has 134 valence electrons. The topological polar surface area (TPSA) is 51.2 Å². The summed E-state index contributed by atoms with van der Waals surface area (Å²) < 4.78 is 5.72. The Hall–Kier alpha value is -2.66. The maximum Gasteiger partial charge on any atom is 0.227 e. The maximum atomic E-state index is 12.5. The highest BCUT2D eigenvalue weighted by molar-refractivity contribution is 7.13. The quantitative estimate of drug-likeness (QED) is 0.633. The van der Waals surface area contributed by atoms with E-state index in [0.29, 0.717) is 11.6 Å². The minimum absolute atomic E-state index is 0.0238. The third kappa shape index (κ3) is 4.92. The van der Waals surface area contributed by atoms with Crippen molar-refractivity contribution in [3.8, 4) is 5.75 Å². The van der Waals surface area contributed by atoms with Gasteiger partial charge in [-0.25, -0.2) is 4.98 Å². The molecule has 3 rings (SSSR count). The Bertz CT molecular complexity index is 815. The molecule has 1 aromatic heterocycles. The van der Waals surface area contributed by atoms with E-state index in [1.165, 1.54) is 11.3 Å². The van der Waals surface area contributed by atoms with Gasteiger partial charge in [-0.2, -0.15) is 0 Å². The van der Waals surface area contributed by atoms with Crippen LogP contribution in [0.25, 0.3) is 0 Å². The average molecular weight is 366 g/mol. The number of nitrogens with one attached hydrogen (secondary N) is 1. The predicted molar refractivity (Wildman–Crippen MR) is 106 cm³/mol. The number of rotatable bonds is 7. The SMILES string of the molecule is CC(C)Oc1ccc([C@H](CC(=O)Nc2nccs2)c2ccccc2)cc1. The zero-order valence-electron chi connectivity index (χ0n) is 14.9. The van der Waals surface area contributed by atoms with Gasteiger partial charge in [-0.15, -0.1) is 11.3 Å². The standard InChI is InChI=1S/C21H22N2O2S/c1-15(2)25-18-10-8-17(9-11-18)19(16-6-4-3-5-7-16)14-20(24)23-21-22-12-13-26-21/h3-13,15,19H,14H2,1-2H3,(H,22,23,24)/t19-/m1/s1. The van der Waals surface area contributed by atoms with Crippen molar-refractivity contribution in [2.45, 2.75) is 32.3 Å². The fraction of sp³-hybridized carbons (Fsp3) is 0.238. The Kier molecular flexibility index (Phi) is 6.02. The largest absolute Gasteiger partial charge is 0.491 e. The number of hydrogen-bond donors (Lipinski definition) is 1. The first-order valence-electron chi connectivity index (χ1n) is 8.62. The molecule has 0 aliphatic carbocycles. The third-order valence-corrected chi connectivity index (χ3v) is 4.61. The molecule has 5 heteroatoms. The lowest BCUT2D eigenvalue weighted by atomic mass is 9.88. The van der Waals surface area contributed by atoms with Crippen molar-refractivity contribution >= 4 is 22.4 Å². The molecule has 1 atom stereocenters. The molecule has 0 aliphatic rings. The summed E-state index contributed by atoms with van der Waals surface area (Å²) in [6.45, 7) is 4.01. The normalized spacial score (nSPS) is 12.0. The molecule has 0 saturated carbocycles. The second-order valence-corrected chi connectivity index (χ2v) is 7.18. The van der Waals surface area contributed by atoms with Gasteiger partial charge in [0.05, 0.1) is 6.10 Å². The van der Waals surface area contributed by atoms with E-state index < -0.39 is 0 Å². The van der Waals surface area contributed by atoms with Gasteiger partial charge in [0.15, 0.2) is 5.13 Å².